The number of carbonyl (C=O) groups excluding carboxylic acids is 1. The van der Waals surface area contributed by atoms with Gasteiger partial charge in [0.1, 0.15) is 0 Å². The number of pyridine rings is 2. The maximum atomic E-state index is 13.0. The van der Waals surface area contributed by atoms with Crippen LogP contribution in [0.4, 0.5) is 10.7 Å². The van der Waals surface area contributed by atoms with E-state index in [9.17, 15) is 4.79 Å². The van der Waals surface area contributed by atoms with Gasteiger partial charge in [-0.05, 0) is 67.5 Å². The van der Waals surface area contributed by atoms with E-state index in [4.69, 9.17) is 9.97 Å². The molecule has 1 saturated heterocycles. The van der Waals surface area contributed by atoms with Gasteiger partial charge in [0, 0.05) is 44.6 Å². The molecule has 38 heavy (non-hydrogen) atoms. The molecule has 1 fully saturated rings. The number of aromatic nitrogens is 4. The van der Waals surface area contributed by atoms with Crippen LogP contribution in [0.3, 0.4) is 0 Å². The van der Waals surface area contributed by atoms with Gasteiger partial charge >= 0.3 is 6.03 Å². The summed E-state index contributed by atoms with van der Waals surface area (Å²) in [5, 5.41) is 2.94. The van der Waals surface area contributed by atoms with E-state index in [1.54, 1.807) is 0 Å². The molecule has 2 N–H and O–H groups in total. The average Bonchev–Trinajstić information content (AvgIpc) is 3.32. The monoisotopic (exact) mass is 511 g/mol. The first kappa shape index (κ1) is 25.9. The third-order valence-corrected chi connectivity index (χ3v) is 7.46. The highest BCUT2D eigenvalue weighted by atomic mass is 16.2. The molecule has 0 bridgehead atoms. The van der Waals surface area contributed by atoms with Crippen LogP contribution in [0.2, 0.25) is 0 Å². The van der Waals surface area contributed by atoms with E-state index < -0.39 is 0 Å². The number of piperidine rings is 1. The Morgan fingerprint density at radius 3 is 2.58 bits per heavy atom. The molecule has 0 spiro atoms. The number of nitrogens with one attached hydrogen (secondary N) is 2. The molecule has 0 atom stereocenters. The number of rotatable bonds is 7. The highest BCUT2D eigenvalue weighted by Crippen LogP contribution is 2.25. The van der Waals surface area contributed by atoms with Crippen molar-refractivity contribution in [3.63, 3.8) is 0 Å². The van der Waals surface area contributed by atoms with Crippen LogP contribution in [0.1, 0.15) is 60.7 Å². The zero-order valence-corrected chi connectivity index (χ0v) is 22.7. The Bertz CT molecular complexity index is 1370. The van der Waals surface area contributed by atoms with Crippen LogP contribution in [0, 0.1) is 13.8 Å². The Balaban J connectivity index is 1.29. The summed E-state index contributed by atoms with van der Waals surface area (Å²) in [7, 11) is 0. The second kappa shape index (κ2) is 11.3. The highest BCUT2D eigenvalue weighted by molar-refractivity contribution is 5.89. The molecule has 8 nitrogen and oxygen atoms in total. The molecule has 5 rings (SSSR count). The zero-order valence-electron chi connectivity index (χ0n) is 22.7. The Morgan fingerprint density at radius 2 is 1.84 bits per heavy atom. The Hall–Kier alpha value is -3.78. The fourth-order valence-electron chi connectivity index (χ4n) is 5.34. The van der Waals surface area contributed by atoms with E-state index in [1.165, 1.54) is 16.7 Å². The largest absolute Gasteiger partial charge is 0.324 e. The molecule has 8 heteroatoms. The summed E-state index contributed by atoms with van der Waals surface area (Å²) in [6.45, 7) is 11.6. The van der Waals surface area contributed by atoms with Crippen molar-refractivity contribution in [3.8, 4) is 0 Å². The molecule has 198 valence electrons. The van der Waals surface area contributed by atoms with Gasteiger partial charge in [-0.3, -0.25) is 20.2 Å². The van der Waals surface area contributed by atoms with Crippen LogP contribution < -0.4 is 5.32 Å². The molecule has 0 unspecified atom stereocenters. The SMILES string of the molecule is Cc1cnc(CN(Cc2ncccc2C(C)C)C2CCN(C(=O)Nc3nc4ccccc4[nH]3)CC2)c(C)c1. The fraction of sp³-hybridized carbons (Fsp3) is 0.400. The number of benzene rings is 1. The van der Waals surface area contributed by atoms with Crippen LogP contribution in [-0.2, 0) is 13.1 Å². The fourth-order valence-corrected chi connectivity index (χ4v) is 5.34. The topological polar surface area (TPSA) is 90.0 Å². The van der Waals surface area contributed by atoms with Gasteiger partial charge < -0.3 is 9.88 Å². The number of hydrogen-bond donors (Lipinski definition) is 2. The molecule has 2 amide bonds. The number of nitrogens with zero attached hydrogens (tertiary/aromatic N) is 5. The second-order valence-electron chi connectivity index (χ2n) is 10.6. The van der Waals surface area contributed by atoms with Crippen molar-refractivity contribution in [2.45, 2.75) is 65.6 Å². The Labute approximate surface area is 224 Å². The van der Waals surface area contributed by atoms with Gasteiger partial charge in [0.2, 0.25) is 5.95 Å². The maximum Gasteiger partial charge on any atom is 0.324 e. The molecule has 0 radical (unpaired) electrons. The van der Waals surface area contributed by atoms with Crippen LogP contribution in [0.25, 0.3) is 11.0 Å². The van der Waals surface area contributed by atoms with Crippen molar-refractivity contribution in [2.75, 3.05) is 18.4 Å². The van der Waals surface area contributed by atoms with Gasteiger partial charge in [0.15, 0.2) is 0 Å². The van der Waals surface area contributed by atoms with Crippen molar-refractivity contribution < 1.29 is 4.79 Å². The van der Waals surface area contributed by atoms with Gasteiger partial charge in [0.05, 0.1) is 22.4 Å². The quantitative estimate of drug-likeness (QED) is 0.328. The van der Waals surface area contributed by atoms with Crippen LogP contribution in [0.15, 0.2) is 54.9 Å². The van der Waals surface area contributed by atoms with Gasteiger partial charge in [-0.2, -0.15) is 0 Å². The summed E-state index contributed by atoms with van der Waals surface area (Å²) < 4.78 is 0. The van der Waals surface area contributed by atoms with E-state index in [0.717, 1.165) is 48.4 Å². The first-order valence-electron chi connectivity index (χ1n) is 13.5. The minimum Gasteiger partial charge on any atom is -0.324 e. The predicted octanol–water partition coefficient (Wildman–Crippen LogP) is 5.79. The minimum absolute atomic E-state index is 0.114. The first-order valence-corrected chi connectivity index (χ1v) is 13.5. The van der Waals surface area contributed by atoms with Gasteiger partial charge in [-0.15, -0.1) is 0 Å². The Morgan fingerprint density at radius 1 is 1.08 bits per heavy atom. The van der Waals surface area contributed by atoms with E-state index in [1.807, 2.05) is 47.6 Å². The number of hydrogen-bond acceptors (Lipinski definition) is 5. The number of aryl methyl sites for hydroxylation is 2. The van der Waals surface area contributed by atoms with E-state index >= 15 is 0 Å². The van der Waals surface area contributed by atoms with Crippen molar-refractivity contribution in [1.29, 1.82) is 0 Å². The van der Waals surface area contributed by atoms with E-state index in [2.05, 4.69) is 60.0 Å². The molecule has 0 aliphatic carbocycles. The van der Waals surface area contributed by atoms with Crippen molar-refractivity contribution in [3.05, 3.63) is 82.9 Å². The lowest BCUT2D eigenvalue weighted by Crippen LogP contribution is -2.47. The van der Waals surface area contributed by atoms with Gasteiger partial charge in [-0.1, -0.05) is 38.1 Å². The maximum absolute atomic E-state index is 13.0. The molecule has 1 aromatic carbocycles. The van der Waals surface area contributed by atoms with Crippen LogP contribution in [-0.4, -0.2) is 54.9 Å². The summed E-state index contributed by atoms with van der Waals surface area (Å²) in [4.78, 5) is 34.6. The normalized spacial score (nSPS) is 14.5. The molecule has 4 heterocycles. The third kappa shape index (κ3) is 5.86. The lowest BCUT2D eigenvalue weighted by atomic mass is 9.98. The molecule has 3 aromatic heterocycles. The molecule has 1 aliphatic rings. The zero-order chi connectivity index (χ0) is 26.6. The number of likely N-dealkylation sites (tertiary alicyclic amines) is 1. The highest BCUT2D eigenvalue weighted by Gasteiger charge is 2.29. The molecular weight excluding hydrogens is 474 g/mol. The lowest BCUT2D eigenvalue weighted by molar-refractivity contribution is 0.106. The van der Waals surface area contributed by atoms with Gasteiger partial charge in [0.25, 0.3) is 0 Å². The number of fused-ring (bicyclic) bond motifs is 1. The van der Waals surface area contributed by atoms with Crippen LogP contribution in [0.5, 0.6) is 0 Å². The van der Waals surface area contributed by atoms with Crippen molar-refractivity contribution in [2.24, 2.45) is 0 Å². The molecule has 0 saturated carbocycles. The number of urea groups is 1. The Kier molecular flexibility index (Phi) is 7.69. The van der Waals surface area contributed by atoms with E-state index in [-0.39, 0.29) is 6.03 Å². The van der Waals surface area contributed by atoms with Crippen molar-refractivity contribution >= 4 is 23.0 Å². The number of amides is 2. The van der Waals surface area contributed by atoms with Crippen molar-refractivity contribution in [1.82, 2.24) is 29.7 Å². The summed E-state index contributed by atoms with van der Waals surface area (Å²) in [6, 6.07) is 14.4. The van der Waals surface area contributed by atoms with Crippen LogP contribution >= 0.6 is 0 Å². The minimum atomic E-state index is -0.114. The standard InChI is InChI=1S/C30H37N7O/c1-20(2)24-8-7-13-31-28(24)19-37(18-27-22(4)16-21(3)17-32-27)23-11-14-36(15-12-23)30(38)35-29-33-25-9-5-6-10-26(25)34-29/h5-10,13,16-17,20,23H,11-12,14-15,18-19H2,1-4H3,(H2,33,34,35,38). The summed E-state index contributed by atoms with van der Waals surface area (Å²) in [6.07, 6.45) is 5.62. The number of anilines is 1. The number of para-hydroxylation sites is 2. The molecular formula is C30H37N7O. The number of H-pyrrole nitrogens is 1. The molecule has 1 aliphatic heterocycles. The summed E-state index contributed by atoms with van der Waals surface area (Å²) in [5.41, 5.74) is 7.64. The lowest BCUT2D eigenvalue weighted by Gasteiger charge is -2.38. The summed E-state index contributed by atoms with van der Waals surface area (Å²) in [5.74, 6) is 0.890. The number of imidazole rings is 1. The first-order chi connectivity index (χ1) is 18.4. The van der Waals surface area contributed by atoms with E-state index in [0.29, 0.717) is 31.0 Å². The summed E-state index contributed by atoms with van der Waals surface area (Å²) >= 11 is 0. The van der Waals surface area contributed by atoms with Gasteiger partial charge in [-0.25, -0.2) is 9.78 Å². The predicted molar refractivity (Wildman–Crippen MR) is 151 cm³/mol. The smallest absolute Gasteiger partial charge is 0.324 e. The second-order valence-corrected chi connectivity index (χ2v) is 10.6. The number of carbonyl (C=O) groups is 1. The third-order valence-electron chi connectivity index (χ3n) is 7.46. The average molecular weight is 512 g/mol. The number of aromatic amines is 1. The molecule has 4 aromatic rings.